The topological polar surface area (TPSA) is 72.6 Å². The molecule has 0 saturated heterocycles. The molecule has 0 bridgehead atoms. The van der Waals surface area contributed by atoms with E-state index in [-0.39, 0.29) is 0 Å². The molecule has 0 saturated carbocycles. The Morgan fingerprint density at radius 2 is 2.17 bits per heavy atom. The second-order valence-electron chi connectivity index (χ2n) is 4.44. The summed E-state index contributed by atoms with van der Waals surface area (Å²) < 4.78 is 3.98. The molecule has 0 atom stereocenters. The van der Waals surface area contributed by atoms with Crippen LogP contribution in [0.15, 0.2) is 12.4 Å². The second kappa shape index (κ2) is 4.57. The van der Waals surface area contributed by atoms with Gasteiger partial charge in [0.25, 0.3) is 0 Å². The van der Waals surface area contributed by atoms with Crippen LogP contribution in [0.5, 0.6) is 0 Å². The normalized spacial score (nSPS) is 10.6. The fraction of sp³-hybridized carbons (Fsp3) is 0.385. The predicted molar refractivity (Wildman–Crippen MR) is 69.9 cm³/mol. The maximum absolute atomic E-state index is 9.07. The maximum Gasteiger partial charge on any atom is 0.122 e. The third-order valence-electron chi connectivity index (χ3n) is 3.46. The molecular weight excluding hydrogens is 226 g/mol. The lowest BCUT2D eigenvalue weighted by Crippen LogP contribution is -2.09. The lowest BCUT2D eigenvalue weighted by Gasteiger charge is -2.09. The molecule has 0 fully saturated rings. The van der Waals surface area contributed by atoms with Crippen molar-refractivity contribution in [1.82, 2.24) is 14.1 Å². The molecule has 2 aromatic heterocycles. The number of nitriles is 1. The molecule has 0 unspecified atom stereocenters. The van der Waals surface area contributed by atoms with Crippen LogP contribution >= 0.6 is 0 Å². The Morgan fingerprint density at radius 3 is 2.67 bits per heavy atom. The predicted octanol–water partition coefficient (Wildman–Crippen LogP) is 1.54. The molecular formula is C13H17N5. The van der Waals surface area contributed by atoms with Gasteiger partial charge in [-0.05, 0) is 19.4 Å². The van der Waals surface area contributed by atoms with Gasteiger partial charge in [0.2, 0.25) is 0 Å². The molecule has 5 heteroatoms. The fourth-order valence-corrected chi connectivity index (χ4v) is 2.17. The number of rotatable bonds is 3. The van der Waals surface area contributed by atoms with Crippen LogP contribution in [0.2, 0.25) is 0 Å². The van der Waals surface area contributed by atoms with E-state index in [0.29, 0.717) is 11.4 Å². The Morgan fingerprint density at radius 1 is 1.44 bits per heavy atom. The van der Waals surface area contributed by atoms with Gasteiger partial charge in [0.15, 0.2) is 0 Å². The summed E-state index contributed by atoms with van der Waals surface area (Å²) in [4.78, 5) is 4.28. The zero-order chi connectivity index (χ0) is 13.3. The van der Waals surface area contributed by atoms with Crippen molar-refractivity contribution in [1.29, 1.82) is 5.26 Å². The molecule has 2 heterocycles. The maximum atomic E-state index is 9.07. The molecule has 94 valence electrons. The lowest BCUT2D eigenvalue weighted by atomic mass is 10.2. The molecule has 0 spiro atoms. The van der Waals surface area contributed by atoms with Crippen LogP contribution < -0.4 is 5.73 Å². The Bertz CT molecular complexity index is 612. The summed E-state index contributed by atoms with van der Waals surface area (Å²) in [7, 11) is 1.97. The highest BCUT2D eigenvalue weighted by Crippen LogP contribution is 2.23. The first kappa shape index (κ1) is 12.2. The highest BCUT2D eigenvalue weighted by atomic mass is 15.1. The van der Waals surface area contributed by atoms with Gasteiger partial charge in [-0.15, -0.1) is 0 Å². The van der Waals surface area contributed by atoms with E-state index in [9.17, 15) is 0 Å². The first-order valence-corrected chi connectivity index (χ1v) is 5.87. The van der Waals surface area contributed by atoms with E-state index in [1.165, 1.54) is 0 Å². The van der Waals surface area contributed by atoms with E-state index in [4.69, 9.17) is 11.0 Å². The molecule has 0 amide bonds. The van der Waals surface area contributed by atoms with E-state index in [1.807, 2.05) is 36.2 Å². The van der Waals surface area contributed by atoms with Crippen LogP contribution in [0.1, 0.15) is 22.6 Å². The standard InChI is InChI=1S/C13H17N5/c1-9-10(2)18(13(15)11(9)8-14)6-4-12-16-5-7-17(12)3/h5,7H,4,6,15H2,1-3H3. The molecule has 5 nitrogen and oxygen atoms in total. The first-order valence-electron chi connectivity index (χ1n) is 5.87. The summed E-state index contributed by atoms with van der Waals surface area (Å²) in [5.41, 5.74) is 8.62. The van der Waals surface area contributed by atoms with Gasteiger partial charge in [-0.3, -0.25) is 0 Å². The van der Waals surface area contributed by atoms with Gasteiger partial charge in [-0.25, -0.2) is 4.98 Å². The molecule has 18 heavy (non-hydrogen) atoms. The fourth-order valence-electron chi connectivity index (χ4n) is 2.17. The minimum Gasteiger partial charge on any atom is -0.384 e. The molecule has 0 aliphatic heterocycles. The van der Waals surface area contributed by atoms with Gasteiger partial charge in [-0.1, -0.05) is 0 Å². The molecule has 0 radical (unpaired) electrons. The van der Waals surface area contributed by atoms with Crippen LogP contribution in [0.3, 0.4) is 0 Å². The van der Waals surface area contributed by atoms with Gasteiger partial charge in [0.1, 0.15) is 17.7 Å². The summed E-state index contributed by atoms with van der Waals surface area (Å²) in [5.74, 6) is 1.57. The van der Waals surface area contributed by atoms with Crippen molar-refractivity contribution in [2.75, 3.05) is 5.73 Å². The van der Waals surface area contributed by atoms with E-state index >= 15 is 0 Å². The van der Waals surface area contributed by atoms with Gasteiger partial charge in [0.05, 0.1) is 5.56 Å². The van der Waals surface area contributed by atoms with Gasteiger partial charge in [-0.2, -0.15) is 5.26 Å². The average Bonchev–Trinajstić information content (AvgIpc) is 2.83. The molecule has 0 aromatic carbocycles. The van der Waals surface area contributed by atoms with Crippen molar-refractivity contribution < 1.29 is 0 Å². The largest absolute Gasteiger partial charge is 0.384 e. The van der Waals surface area contributed by atoms with Crippen molar-refractivity contribution in [3.63, 3.8) is 0 Å². The third kappa shape index (κ3) is 1.86. The summed E-state index contributed by atoms with van der Waals surface area (Å²) in [6.45, 7) is 4.66. The van der Waals surface area contributed by atoms with E-state index in [1.54, 1.807) is 6.20 Å². The van der Waals surface area contributed by atoms with Crippen LogP contribution in [0, 0.1) is 25.2 Å². The summed E-state index contributed by atoms with van der Waals surface area (Å²) >= 11 is 0. The summed E-state index contributed by atoms with van der Waals surface area (Å²) in [6, 6.07) is 2.16. The molecule has 0 aliphatic carbocycles. The van der Waals surface area contributed by atoms with Crippen LogP contribution in [-0.4, -0.2) is 14.1 Å². The van der Waals surface area contributed by atoms with Crippen LogP contribution in [-0.2, 0) is 20.0 Å². The van der Waals surface area contributed by atoms with Crippen LogP contribution in [0.25, 0.3) is 0 Å². The first-order chi connectivity index (χ1) is 8.56. The van der Waals surface area contributed by atoms with Crippen LogP contribution in [0.4, 0.5) is 5.82 Å². The van der Waals surface area contributed by atoms with Gasteiger partial charge < -0.3 is 14.9 Å². The number of hydrogen-bond donors (Lipinski definition) is 1. The molecule has 2 N–H and O–H groups in total. The zero-order valence-electron chi connectivity index (χ0n) is 10.9. The Balaban J connectivity index is 2.26. The van der Waals surface area contributed by atoms with Crippen molar-refractivity contribution >= 4 is 5.82 Å². The van der Waals surface area contributed by atoms with Gasteiger partial charge >= 0.3 is 0 Å². The van der Waals surface area contributed by atoms with Gasteiger partial charge in [0, 0.05) is 38.1 Å². The Labute approximate surface area is 106 Å². The number of anilines is 1. The quantitative estimate of drug-likeness (QED) is 0.888. The summed E-state index contributed by atoms with van der Waals surface area (Å²) in [6.07, 6.45) is 4.51. The number of imidazole rings is 1. The van der Waals surface area contributed by atoms with Crippen molar-refractivity contribution in [2.24, 2.45) is 7.05 Å². The third-order valence-corrected chi connectivity index (χ3v) is 3.46. The van der Waals surface area contributed by atoms with E-state index in [0.717, 1.165) is 30.0 Å². The molecule has 2 aromatic rings. The van der Waals surface area contributed by atoms with E-state index in [2.05, 4.69) is 11.1 Å². The SMILES string of the molecule is Cc1c(C#N)c(N)n(CCc2nccn2C)c1C. The number of hydrogen-bond acceptors (Lipinski definition) is 3. The Hall–Kier alpha value is -2.22. The van der Waals surface area contributed by atoms with Crippen molar-refractivity contribution in [2.45, 2.75) is 26.8 Å². The number of aryl methyl sites for hydroxylation is 2. The minimum atomic E-state index is 0.557. The molecule has 0 aliphatic rings. The highest BCUT2D eigenvalue weighted by Gasteiger charge is 2.15. The Kier molecular flexibility index (Phi) is 3.11. The zero-order valence-corrected chi connectivity index (χ0v) is 10.9. The van der Waals surface area contributed by atoms with Crippen molar-refractivity contribution in [3.05, 3.63) is 35.0 Å². The number of nitrogens with two attached hydrogens (primary N) is 1. The second-order valence-corrected chi connectivity index (χ2v) is 4.44. The molecule has 2 rings (SSSR count). The monoisotopic (exact) mass is 243 g/mol. The minimum absolute atomic E-state index is 0.557. The summed E-state index contributed by atoms with van der Waals surface area (Å²) in [5, 5.41) is 9.07. The number of nitrogen functional groups attached to an aromatic ring is 1. The highest BCUT2D eigenvalue weighted by molar-refractivity contribution is 5.57. The average molecular weight is 243 g/mol. The van der Waals surface area contributed by atoms with Crippen molar-refractivity contribution in [3.8, 4) is 6.07 Å². The number of aromatic nitrogens is 3. The van der Waals surface area contributed by atoms with E-state index < -0.39 is 0 Å². The smallest absolute Gasteiger partial charge is 0.122 e. The number of nitrogens with zero attached hydrogens (tertiary/aromatic N) is 4. The lowest BCUT2D eigenvalue weighted by molar-refractivity contribution is 0.646.